The van der Waals surface area contributed by atoms with Gasteiger partial charge in [0, 0.05) is 38.3 Å². The summed E-state index contributed by atoms with van der Waals surface area (Å²) < 4.78 is 26.1. The zero-order valence-electron chi connectivity index (χ0n) is 12.1. The van der Waals surface area contributed by atoms with Gasteiger partial charge in [-0.05, 0) is 19.8 Å². The molecule has 2 heterocycles. The Morgan fingerprint density at radius 2 is 2.00 bits per heavy atom. The molecule has 1 N–H and O–H groups in total. The third-order valence-corrected chi connectivity index (χ3v) is 5.54. The molecule has 0 aliphatic carbocycles. The summed E-state index contributed by atoms with van der Waals surface area (Å²) in [7, 11) is -1.23. The zero-order valence-corrected chi connectivity index (χ0v) is 13.6. The molecule has 0 saturated carbocycles. The van der Waals surface area contributed by atoms with Crippen molar-refractivity contribution in [3.8, 4) is 0 Å². The molecule has 1 fully saturated rings. The standard InChI is InChI=1S/C12H21ClN4O2S/c1-9-11(12(13)16(2)15-9)8-14-10-4-6-17(7-5-10)20(3,18)19/h10,14H,4-8H2,1-3H3. The number of hydrogen-bond acceptors (Lipinski definition) is 4. The largest absolute Gasteiger partial charge is 0.310 e. The van der Waals surface area contributed by atoms with Crippen LogP contribution in [0, 0.1) is 6.92 Å². The number of sulfonamides is 1. The lowest BCUT2D eigenvalue weighted by Crippen LogP contribution is -2.44. The maximum Gasteiger partial charge on any atom is 0.211 e. The molecule has 0 unspecified atom stereocenters. The minimum atomic E-state index is -3.06. The maximum atomic E-state index is 11.4. The average molecular weight is 321 g/mol. The van der Waals surface area contributed by atoms with E-state index >= 15 is 0 Å². The highest BCUT2D eigenvalue weighted by Crippen LogP contribution is 2.19. The lowest BCUT2D eigenvalue weighted by Gasteiger charge is -2.30. The van der Waals surface area contributed by atoms with Crippen LogP contribution in [0.3, 0.4) is 0 Å². The molecule has 1 aliphatic heterocycles. The maximum absolute atomic E-state index is 11.4. The summed E-state index contributed by atoms with van der Waals surface area (Å²) >= 11 is 6.19. The number of hydrogen-bond donors (Lipinski definition) is 1. The van der Waals surface area contributed by atoms with Gasteiger partial charge in [-0.1, -0.05) is 11.6 Å². The molecular formula is C12H21ClN4O2S. The molecule has 1 saturated heterocycles. The molecule has 0 aromatic carbocycles. The second kappa shape index (κ2) is 6.01. The number of piperidine rings is 1. The highest BCUT2D eigenvalue weighted by atomic mass is 35.5. The van der Waals surface area contributed by atoms with E-state index in [0.29, 0.717) is 30.8 Å². The SMILES string of the molecule is Cc1nn(C)c(Cl)c1CNC1CCN(S(C)(=O)=O)CC1. The van der Waals surface area contributed by atoms with Crippen LogP contribution in [0.1, 0.15) is 24.1 Å². The first-order valence-electron chi connectivity index (χ1n) is 6.65. The summed E-state index contributed by atoms with van der Waals surface area (Å²) in [6.45, 7) is 3.77. The van der Waals surface area contributed by atoms with Gasteiger partial charge in [-0.15, -0.1) is 0 Å². The molecule has 0 atom stereocenters. The lowest BCUT2D eigenvalue weighted by atomic mass is 10.1. The Bertz CT molecular complexity index is 577. The normalized spacial score (nSPS) is 18.6. The predicted molar refractivity (Wildman–Crippen MR) is 79.2 cm³/mol. The number of nitrogens with one attached hydrogen (secondary N) is 1. The first-order chi connectivity index (χ1) is 9.29. The molecular weight excluding hydrogens is 300 g/mol. The fourth-order valence-electron chi connectivity index (χ4n) is 2.51. The molecule has 1 aliphatic rings. The summed E-state index contributed by atoms with van der Waals surface area (Å²) in [6, 6.07) is 0.323. The molecule has 1 aromatic rings. The smallest absolute Gasteiger partial charge is 0.211 e. The van der Waals surface area contributed by atoms with Crippen LogP contribution in [-0.2, 0) is 23.6 Å². The topological polar surface area (TPSA) is 67.2 Å². The first-order valence-corrected chi connectivity index (χ1v) is 8.88. The van der Waals surface area contributed by atoms with Crippen LogP contribution in [0.25, 0.3) is 0 Å². The van der Waals surface area contributed by atoms with E-state index in [0.717, 1.165) is 24.1 Å². The van der Waals surface area contributed by atoms with Crippen molar-refractivity contribution in [1.82, 2.24) is 19.4 Å². The van der Waals surface area contributed by atoms with Crippen LogP contribution in [0.5, 0.6) is 0 Å². The van der Waals surface area contributed by atoms with Gasteiger partial charge < -0.3 is 5.32 Å². The monoisotopic (exact) mass is 320 g/mol. The van der Waals surface area contributed by atoms with Crippen molar-refractivity contribution < 1.29 is 8.42 Å². The van der Waals surface area contributed by atoms with E-state index in [1.165, 1.54) is 10.6 Å². The molecule has 0 amide bonds. The minimum Gasteiger partial charge on any atom is -0.310 e. The van der Waals surface area contributed by atoms with Gasteiger partial charge in [-0.2, -0.15) is 5.10 Å². The van der Waals surface area contributed by atoms with E-state index < -0.39 is 10.0 Å². The lowest BCUT2D eigenvalue weighted by molar-refractivity contribution is 0.290. The van der Waals surface area contributed by atoms with Gasteiger partial charge in [-0.25, -0.2) is 12.7 Å². The van der Waals surface area contributed by atoms with Gasteiger partial charge in [-0.3, -0.25) is 4.68 Å². The Kier molecular flexibility index (Phi) is 4.73. The Morgan fingerprint density at radius 1 is 1.40 bits per heavy atom. The van der Waals surface area contributed by atoms with Crippen LogP contribution in [0.15, 0.2) is 0 Å². The second-order valence-electron chi connectivity index (χ2n) is 5.30. The molecule has 114 valence electrons. The van der Waals surface area contributed by atoms with Crippen molar-refractivity contribution >= 4 is 21.6 Å². The minimum absolute atomic E-state index is 0.323. The van der Waals surface area contributed by atoms with Crippen LogP contribution in [-0.4, -0.2) is 47.9 Å². The number of aryl methyl sites for hydroxylation is 2. The fourth-order valence-corrected chi connectivity index (χ4v) is 3.63. The fraction of sp³-hybridized carbons (Fsp3) is 0.750. The third kappa shape index (κ3) is 3.52. The van der Waals surface area contributed by atoms with E-state index in [2.05, 4.69) is 10.4 Å². The van der Waals surface area contributed by atoms with Gasteiger partial charge in [0.25, 0.3) is 0 Å². The summed E-state index contributed by atoms with van der Waals surface area (Å²) in [5.74, 6) is 0. The molecule has 8 heteroatoms. The molecule has 2 rings (SSSR count). The molecule has 20 heavy (non-hydrogen) atoms. The number of halogens is 1. The van der Waals surface area contributed by atoms with Gasteiger partial charge in [0.1, 0.15) is 5.15 Å². The molecule has 0 radical (unpaired) electrons. The highest BCUT2D eigenvalue weighted by Gasteiger charge is 2.25. The Labute approximate surface area is 125 Å². The quantitative estimate of drug-likeness (QED) is 0.895. The molecule has 1 aromatic heterocycles. The van der Waals surface area contributed by atoms with Crippen molar-refractivity contribution in [3.05, 3.63) is 16.4 Å². The van der Waals surface area contributed by atoms with Crippen molar-refractivity contribution in [3.63, 3.8) is 0 Å². The van der Waals surface area contributed by atoms with Crippen LogP contribution >= 0.6 is 11.6 Å². The molecule has 0 spiro atoms. The van der Waals surface area contributed by atoms with Crippen molar-refractivity contribution in [2.24, 2.45) is 7.05 Å². The highest BCUT2D eigenvalue weighted by molar-refractivity contribution is 7.88. The van der Waals surface area contributed by atoms with Crippen molar-refractivity contribution in [2.45, 2.75) is 32.4 Å². The summed E-state index contributed by atoms with van der Waals surface area (Å²) in [5, 5.41) is 8.38. The number of aromatic nitrogens is 2. The summed E-state index contributed by atoms with van der Waals surface area (Å²) in [4.78, 5) is 0. The average Bonchev–Trinajstić information content (AvgIpc) is 2.61. The van der Waals surface area contributed by atoms with E-state index in [1.807, 2.05) is 14.0 Å². The second-order valence-corrected chi connectivity index (χ2v) is 7.64. The first kappa shape index (κ1) is 15.8. The van der Waals surface area contributed by atoms with Crippen LogP contribution < -0.4 is 5.32 Å². The number of nitrogens with zero attached hydrogens (tertiary/aromatic N) is 3. The van der Waals surface area contributed by atoms with Gasteiger partial charge in [0.2, 0.25) is 10.0 Å². The molecule has 6 nitrogen and oxygen atoms in total. The van der Waals surface area contributed by atoms with Crippen molar-refractivity contribution in [1.29, 1.82) is 0 Å². The van der Waals surface area contributed by atoms with E-state index in [1.54, 1.807) is 4.68 Å². The predicted octanol–water partition coefficient (Wildman–Crippen LogP) is 0.896. The van der Waals surface area contributed by atoms with Crippen LogP contribution in [0.4, 0.5) is 0 Å². The van der Waals surface area contributed by atoms with Crippen LogP contribution in [0.2, 0.25) is 5.15 Å². The third-order valence-electron chi connectivity index (χ3n) is 3.76. The van der Waals surface area contributed by atoms with E-state index in [9.17, 15) is 8.42 Å². The Morgan fingerprint density at radius 3 is 2.45 bits per heavy atom. The van der Waals surface area contributed by atoms with Gasteiger partial charge in [0.05, 0.1) is 11.9 Å². The molecule has 0 bridgehead atoms. The Hall–Kier alpha value is -0.630. The van der Waals surface area contributed by atoms with E-state index in [4.69, 9.17) is 11.6 Å². The van der Waals surface area contributed by atoms with Gasteiger partial charge in [0.15, 0.2) is 0 Å². The Balaban J connectivity index is 1.88. The summed E-state index contributed by atoms with van der Waals surface area (Å²) in [5.41, 5.74) is 1.94. The van der Waals surface area contributed by atoms with Gasteiger partial charge >= 0.3 is 0 Å². The number of rotatable bonds is 4. The van der Waals surface area contributed by atoms with Crippen molar-refractivity contribution in [2.75, 3.05) is 19.3 Å². The summed E-state index contributed by atoms with van der Waals surface area (Å²) in [6.07, 6.45) is 2.91. The van der Waals surface area contributed by atoms with E-state index in [-0.39, 0.29) is 0 Å². The zero-order chi connectivity index (χ0) is 14.9.